The summed E-state index contributed by atoms with van der Waals surface area (Å²) in [7, 11) is 0. The maximum atomic E-state index is 13.3. The van der Waals surface area contributed by atoms with Gasteiger partial charge in [-0.05, 0) is 18.2 Å². The van der Waals surface area contributed by atoms with Crippen molar-refractivity contribution in [1.29, 1.82) is 0 Å². The fraction of sp³-hybridized carbons (Fsp3) is 0.222. The molecule has 28 heavy (non-hydrogen) atoms. The lowest BCUT2D eigenvalue weighted by atomic mass is 10.3. The lowest BCUT2D eigenvalue weighted by Crippen LogP contribution is -2.50. The monoisotopic (exact) mass is 385 g/mol. The number of amides is 2. The molecule has 2 aromatic heterocycles. The molecule has 1 aromatic carbocycles. The average Bonchev–Trinajstić information content (AvgIpc) is 3.26. The van der Waals surface area contributed by atoms with Gasteiger partial charge in [-0.25, -0.2) is 28.2 Å². The van der Waals surface area contributed by atoms with Crippen molar-refractivity contribution in [2.45, 2.75) is 0 Å². The maximum Gasteiger partial charge on any atom is 0.321 e. The highest BCUT2D eigenvalue weighted by Gasteiger charge is 2.22. The van der Waals surface area contributed by atoms with E-state index in [1.54, 1.807) is 22.0 Å². The van der Waals surface area contributed by atoms with Crippen molar-refractivity contribution in [2.75, 3.05) is 36.4 Å². The Morgan fingerprint density at radius 2 is 1.79 bits per heavy atom. The van der Waals surface area contributed by atoms with E-state index in [-0.39, 0.29) is 11.7 Å². The predicted molar refractivity (Wildman–Crippen MR) is 98.3 cm³/mol. The number of hydrogen-bond acceptors (Lipinski definition) is 5. The van der Waals surface area contributed by atoms with Gasteiger partial charge in [0.1, 0.15) is 12.1 Å². The molecule has 0 spiro atoms. The van der Waals surface area contributed by atoms with Gasteiger partial charge in [-0.1, -0.05) is 0 Å². The van der Waals surface area contributed by atoms with E-state index in [0.717, 1.165) is 18.0 Å². The van der Waals surface area contributed by atoms with Gasteiger partial charge in [-0.3, -0.25) is 0 Å². The Hall–Kier alpha value is -3.56. The summed E-state index contributed by atoms with van der Waals surface area (Å²) in [5.41, 5.74) is 0.214. The molecule has 10 heteroatoms. The van der Waals surface area contributed by atoms with E-state index in [9.17, 15) is 13.6 Å². The zero-order valence-electron chi connectivity index (χ0n) is 14.8. The van der Waals surface area contributed by atoms with Gasteiger partial charge in [0.25, 0.3) is 0 Å². The van der Waals surface area contributed by atoms with Gasteiger partial charge in [-0.15, -0.1) is 0 Å². The maximum absolute atomic E-state index is 13.3. The minimum atomic E-state index is -1.00. The topological polar surface area (TPSA) is 79.2 Å². The lowest BCUT2D eigenvalue weighted by Gasteiger charge is -2.35. The zero-order chi connectivity index (χ0) is 19.5. The highest BCUT2D eigenvalue weighted by atomic mass is 19.2. The number of nitrogens with one attached hydrogen (secondary N) is 1. The summed E-state index contributed by atoms with van der Waals surface area (Å²) >= 11 is 0. The van der Waals surface area contributed by atoms with Crippen LogP contribution in [0.2, 0.25) is 0 Å². The van der Waals surface area contributed by atoms with Crippen LogP contribution in [0.5, 0.6) is 0 Å². The summed E-state index contributed by atoms with van der Waals surface area (Å²) in [5, 5.41) is 6.74. The third-order valence-corrected chi connectivity index (χ3v) is 4.44. The molecule has 0 bridgehead atoms. The number of carbonyl (C=O) groups excluding carboxylic acids is 1. The largest absolute Gasteiger partial charge is 0.353 e. The summed E-state index contributed by atoms with van der Waals surface area (Å²) in [4.78, 5) is 24.5. The van der Waals surface area contributed by atoms with Crippen molar-refractivity contribution in [3.05, 3.63) is 60.7 Å². The lowest BCUT2D eigenvalue weighted by molar-refractivity contribution is 0.208. The molecule has 2 amide bonds. The van der Waals surface area contributed by atoms with Crippen LogP contribution in [-0.2, 0) is 0 Å². The highest BCUT2D eigenvalue weighted by molar-refractivity contribution is 5.89. The third kappa shape index (κ3) is 3.75. The van der Waals surface area contributed by atoms with E-state index in [1.165, 1.54) is 12.4 Å². The molecule has 0 radical (unpaired) electrons. The number of aromatic nitrogens is 4. The molecule has 0 aliphatic carbocycles. The van der Waals surface area contributed by atoms with Crippen molar-refractivity contribution >= 4 is 17.5 Å². The highest BCUT2D eigenvalue weighted by Crippen LogP contribution is 2.17. The molecular weight excluding hydrogens is 368 g/mol. The van der Waals surface area contributed by atoms with Gasteiger partial charge in [0.05, 0.1) is 0 Å². The smallest absolute Gasteiger partial charge is 0.321 e. The van der Waals surface area contributed by atoms with E-state index in [1.807, 2.05) is 12.1 Å². The summed E-state index contributed by atoms with van der Waals surface area (Å²) in [6.45, 7) is 2.11. The SMILES string of the molecule is O=C(Nc1ccc(F)c(F)c1)N1CCN(c2cc(-n3cccn3)ncn2)CC1. The van der Waals surface area contributed by atoms with Crippen LogP contribution in [0, 0.1) is 11.6 Å². The standard InChI is InChI=1S/C18H17F2N7O/c19-14-3-2-13(10-15(14)20)24-18(28)26-8-6-25(7-9-26)16-11-17(22-12-21-16)27-5-1-4-23-27/h1-5,10-12H,6-9H2,(H,24,28). The van der Waals surface area contributed by atoms with E-state index < -0.39 is 11.6 Å². The average molecular weight is 385 g/mol. The van der Waals surface area contributed by atoms with Gasteiger partial charge in [-0.2, -0.15) is 5.10 Å². The minimum Gasteiger partial charge on any atom is -0.353 e. The molecule has 0 unspecified atom stereocenters. The molecule has 1 fully saturated rings. The van der Waals surface area contributed by atoms with Crippen molar-refractivity contribution in [1.82, 2.24) is 24.6 Å². The van der Waals surface area contributed by atoms with Crippen LogP contribution >= 0.6 is 0 Å². The Kier molecular flexibility index (Phi) is 4.83. The van der Waals surface area contributed by atoms with Gasteiger partial charge >= 0.3 is 6.03 Å². The summed E-state index contributed by atoms with van der Waals surface area (Å²) in [6, 6.07) is 6.56. The number of rotatable bonds is 3. The van der Waals surface area contributed by atoms with Crippen LogP contribution in [-0.4, -0.2) is 56.9 Å². The first-order chi connectivity index (χ1) is 13.6. The molecule has 1 aliphatic heterocycles. The van der Waals surface area contributed by atoms with Crippen molar-refractivity contribution < 1.29 is 13.6 Å². The molecule has 3 heterocycles. The van der Waals surface area contributed by atoms with E-state index >= 15 is 0 Å². The van der Waals surface area contributed by atoms with Crippen molar-refractivity contribution in [3.8, 4) is 5.82 Å². The number of hydrogen-bond donors (Lipinski definition) is 1. The number of benzene rings is 1. The molecule has 8 nitrogen and oxygen atoms in total. The second-order valence-electron chi connectivity index (χ2n) is 6.22. The Balaban J connectivity index is 1.37. The van der Waals surface area contributed by atoms with Crippen LogP contribution in [0.4, 0.5) is 25.1 Å². The van der Waals surface area contributed by atoms with Crippen LogP contribution in [0.3, 0.4) is 0 Å². The van der Waals surface area contributed by atoms with E-state index in [2.05, 4.69) is 25.3 Å². The quantitative estimate of drug-likeness (QED) is 0.748. The van der Waals surface area contributed by atoms with E-state index in [4.69, 9.17) is 0 Å². The summed E-state index contributed by atoms with van der Waals surface area (Å²) in [5.74, 6) is -0.542. The first-order valence-corrected chi connectivity index (χ1v) is 8.68. The minimum absolute atomic E-state index is 0.214. The predicted octanol–water partition coefficient (Wildman–Crippen LogP) is 2.29. The van der Waals surface area contributed by atoms with Gasteiger partial charge in [0, 0.05) is 56.4 Å². The van der Waals surface area contributed by atoms with Crippen LogP contribution in [0.25, 0.3) is 5.82 Å². The fourth-order valence-corrected chi connectivity index (χ4v) is 2.95. The molecule has 1 saturated heterocycles. The summed E-state index contributed by atoms with van der Waals surface area (Å²) < 4.78 is 27.9. The number of urea groups is 1. The van der Waals surface area contributed by atoms with Crippen molar-refractivity contribution in [3.63, 3.8) is 0 Å². The van der Waals surface area contributed by atoms with Gasteiger partial charge < -0.3 is 15.1 Å². The molecule has 3 aromatic rings. The van der Waals surface area contributed by atoms with Gasteiger partial charge in [0.15, 0.2) is 17.5 Å². The first kappa shape index (κ1) is 17.8. The van der Waals surface area contributed by atoms with Crippen LogP contribution in [0.1, 0.15) is 0 Å². The Morgan fingerprint density at radius 1 is 1.00 bits per heavy atom. The number of halogens is 2. The molecular formula is C18H17F2N7O. The molecule has 0 saturated carbocycles. The Morgan fingerprint density at radius 3 is 2.50 bits per heavy atom. The molecule has 1 aliphatic rings. The number of piperazine rings is 1. The second kappa shape index (κ2) is 7.59. The Bertz CT molecular complexity index is 972. The normalized spacial score (nSPS) is 14.2. The van der Waals surface area contributed by atoms with Crippen molar-refractivity contribution in [2.24, 2.45) is 0 Å². The zero-order valence-corrected chi connectivity index (χ0v) is 14.8. The van der Waals surface area contributed by atoms with Crippen LogP contribution in [0.15, 0.2) is 49.1 Å². The van der Waals surface area contributed by atoms with E-state index in [0.29, 0.717) is 32.0 Å². The molecule has 0 atom stereocenters. The number of nitrogens with zero attached hydrogens (tertiary/aromatic N) is 6. The number of anilines is 2. The molecule has 1 N–H and O–H groups in total. The number of carbonyl (C=O) groups is 1. The van der Waals surface area contributed by atoms with Crippen LogP contribution < -0.4 is 10.2 Å². The first-order valence-electron chi connectivity index (χ1n) is 8.68. The fourth-order valence-electron chi connectivity index (χ4n) is 2.95. The van der Waals surface area contributed by atoms with Gasteiger partial charge in [0.2, 0.25) is 0 Å². The third-order valence-electron chi connectivity index (χ3n) is 4.44. The second-order valence-corrected chi connectivity index (χ2v) is 6.22. The molecule has 4 rings (SSSR count). The summed E-state index contributed by atoms with van der Waals surface area (Å²) in [6.07, 6.45) is 4.95. The Labute approximate surface area is 159 Å². The molecule has 144 valence electrons.